The van der Waals surface area contributed by atoms with Crippen molar-refractivity contribution in [2.45, 2.75) is 6.92 Å². The molecule has 1 aliphatic rings. The van der Waals surface area contributed by atoms with Gasteiger partial charge in [0.2, 0.25) is 5.95 Å². The summed E-state index contributed by atoms with van der Waals surface area (Å²) in [5, 5.41) is 19.6. The number of morpholine rings is 1. The van der Waals surface area contributed by atoms with E-state index in [9.17, 15) is 0 Å². The van der Waals surface area contributed by atoms with Gasteiger partial charge in [0, 0.05) is 84.5 Å². The highest BCUT2D eigenvalue weighted by molar-refractivity contribution is 9.10. The average molecular weight is 665 g/mol. The molecule has 3 heterocycles. The minimum Gasteiger partial charge on any atom is -0.494 e. The van der Waals surface area contributed by atoms with Crippen LogP contribution in [0.1, 0.15) is 12.5 Å². The third kappa shape index (κ3) is 6.71. The van der Waals surface area contributed by atoms with Crippen molar-refractivity contribution in [1.82, 2.24) is 25.3 Å². The number of anilines is 5. The summed E-state index contributed by atoms with van der Waals surface area (Å²) < 4.78 is 12.1. The number of aromatic nitrogens is 4. The van der Waals surface area contributed by atoms with Crippen LogP contribution in [-0.2, 0) is 4.74 Å². The lowest BCUT2D eigenvalue weighted by Gasteiger charge is -2.32. The van der Waals surface area contributed by atoms with E-state index in [0.717, 1.165) is 51.9 Å². The van der Waals surface area contributed by atoms with Gasteiger partial charge in [-0.25, -0.2) is 4.98 Å². The Morgan fingerprint density at radius 1 is 1.09 bits per heavy atom. The van der Waals surface area contributed by atoms with Gasteiger partial charge in [-0.15, -0.1) is 0 Å². The Morgan fingerprint density at radius 2 is 1.86 bits per heavy atom. The summed E-state index contributed by atoms with van der Waals surface area (Å²) in [5.74, 6) is 1.63. The molecule has 2 aromatic heterocycles. The smallest absolute Gasteiger partial charge is 0.229 e. The number of hydrogen-bond acceptors (Lipinski definition) is 11. The zero-order chi connectivity index (χ0) is 30.5. The largest absolute Gasteiger partial charge is 0.494 e. The van der Waals surface area contributed by atoms with Crippen molar-refractivity contribution in [2.75, 3.05) is 69.3 Å². The molecule has 0 amide bonds. The number of fused-ring (bicyclic) bond motifs is 1. The molecule has 4 N–H and O–H groups in total. The molecule has 11 nitrogen and oxygen atoms in total. The van der Waals surface area contributed by atoms with Crippen LogP contribution in [0.4, 0.5) is 28.8 Å². The molecular formula is C30H35BrN9O2P. The van der Waals surface area contributed by atoms with Crippen molar-refractivity contribution < 1.29 is 9.47 Å². The Labute approximate surface area is 260 Å². The highest BCUT2D eigenvalue weighted by atomic mass is 79.9. The summed E-state index contributed by atoms with van der Waals surface area (Å²) in [6.45, 7) is 8.96. The second kappa shape index (κ2) is 13.6. The Balaban J connectivity index is 1.54. The summed E-state index contributed by atoms with van der Waals surface area (Å²) in [7, 11) is 2.97. The van der Waals surface area contributed by atoms with Crippen molar-refractivity contribution in [2.24, 2.45) is 0 Å². The standard InChI is InChI=1S/C30H35BrN9O2P/c1-18(32)20(16-33-2)19-14-24(26(41-3)15-25(19)40-10-12-42-13-11-40)38-30-36-17-21(31)29(39-30)37-23-7-6-22-27(28(23)43(4)5)35-9-8-34-22/h6-9,14-17,32-33H,10-13H2,1-5H3,(H2,36,37,38,39)/b20-16+,32-18?. The maximum absolute atomic E-state index is 8.50. The molecule has 224 valence electrons. The molecule has 0 spiro atoms. The molecule has 5 rings (SSSR count). The summed E-state index contributed by atoms with van der Waals surface area (Å²) in [6, 6.07) is 7.97. The quantitative estimate of drug-likeness (QED) is 0.128. The predicted molar refractivity (Wildman–Crippen MR) is 181 cm³/mol. The van der Waals surface area contributed by atoms with Crippen LogP contribution in [0.25, 0.3) is 16.6 Å². The summed E-state index contributed by atoms with van der Waals surface area (Å²) >= 11 is 3.61. The van der Waals surface area contributed by atoms with E-state index in [1.165, 1.54) is 0 Å². The maximum atomic E-state index is 8.50. The van der Waals surface area contributed by atoms with Gasteiger partial charge in [-0.05, 0) is 54.4 Å². The third-order valence-electron chi connectivity index (χ3n) is 6.96. The highest BCUT2D eigenvalue weighted by Crippen LogP contribution is 2.39. The maximum Gasteiger partial charge on any atom is 0.229 e. The fourth-order valence-corrected chi connectivity index (χ4v) is 6.49. The fraction of sp³-hybridized carbons (Fsp3) is 0.300. The minimum absolute atomic E-state index is 0.386. The molecular weight excluding hydrogens is 629 g/mol. The van der Waals surface area contributed by atoms with Crippen molar-refractivity contribution in [1.29, 1.82) is 5.41 Å². The van der Waals surface area contributed by atoms with E-state index in [1.54, 1.807) is 32.6 Å². The van der Waals surface area contributed by atoms with Crippen LogP contribution in [0, 0.1) is 5.41 Å². The van der Waals surface area contributed by atoms with E-state index in [-0.39, 0.29) is 0 Å². The number of rotatable bonds is 10. The summed E-state index contributed by atoms with van der Waals surface area (Å²) in [6.07, 6.45) is 6.99. The van der Waals surface area contributed by atoms with E-state index in [2.05, 4.69) is 65.1 Å². The molecule has 1 fully saturated rings. The lowest BCUT2D eigenvalue weighted by Crippen LogP contribution is -2.37. The molecule has 13 heteroatoms. The zero-order valence-electron chi connectivity index (χ0n) is 24.8. The average Bonchev–Trinajstić information content (AvgIpc) is 3.01. The summed E-state index contributed by atoms with van der Waals surface area (Å²) in [5.41, 5.74) is 6.43. The van der Waals surface area contributed by atoms with Gasteiger partial charge >= 0.3 is 0 Å². The number of hydrogen-bond donors (Lipinski definition) is 4. The first kappa shape index (κ1) is 30.6. The Morgan fingerprint density at radius 3 is 2.56 bits per heavy atom. The number of halogens is 1. The number of ether oxygens (including phenoxy) is 2. The second-order valence-electron chi connectivity index (χ2n) is 10.1. The van der Waals surface area contributed by atoms with Crippen LogP contribution < -0.4 is 30.9 Å². The normalized spacial score (nSPS) is 13.7. The van der Waals surface area contributed by atoms with Crippen LogP contribution in [-0.4, -0.2) is 79.4 Å². The first-order valence-electron chi connectivity index (χ1n) is 13.8. The molecule has 1 saturated heterocycles. The Hall–Kier alpha value is -3.86. The van der Waals surface area contributed by atoms with Crippen LogP contribution in [0.3, 0.4) is 0 Å². The van der Waals surface area contributed by atoms with Gasteiger partial charge in [0.1, 0.15) is 11.6 Å². The van der Waals surface area contributed by atoms with E-state index in [0.29, 0.717) is 46.6 Å². The summed E-state index contributed by atoms with van der Waals surface area (Å²) in [4.78, 5) is 20.7. The van der Waals surface area contributed by atoms with E-state index in [1.807, 2.05) is 37.5 Å². The Bertz CT molecular complexity index is 1680. The van der Waals surface area contributed by atoms with Gasteiger partial charge in [0.25, 0.3) is 0 Å². The molecule has 2 aromatic carbocycles. The fourth-order valence-electron chi connectivity index (χ4n) is 4.99. The molecule has 0 saturated carbocycles. The molecule has 0 aliphatic carbocycles. The van der Waals surface area contributed by atoms with E-state index < -0.39 is 7.92 Å². The van der Waals surface area contributed by atoms with Gasteiger partial charge in [-0.1, -0.05) is 7.92 Å². The number of nitrogens with zero attached hydrogens (tertiary/aromatic N) is 5. The lowest BCUT2D eigenvalue weighted by molar-refractivity contribution is 0.122. The van der Waals surface area contributed by atoms with Crippen LogP contribution in [0.5, 0.6) is 5.75 Å². The molecule has 43 heavy (non-hydrogen) atoms. The zero-order valence-corrected chi connectivity index (χ0v) is 27.3. The van der Waals surface area contributed by atoms with Gasteiger partial charge in [-0.3, -0.25) is 9.97 Å². The second-order valence-corrected chi connectivity index (χ2v) is 13.2. The van der Waals surface area contributed by atoms with Crippen LogP contribution in [0.2, 0.25) is 0 Å². The Kier molecular flexibility index (Phi) is 9.69. The SMILES string of the molecule is CN/C=C(\C(C)=N)c1cc(Nc2ncc(Br)c(Nc3ccc4nccnc4c3P(C)C)n2)c(OC)cc1N1CCOCC1. The van der Waals surface area contributed by atoms with Crippen molar-refractivity contribution >= 4 is 80.3 Å². The highest BCUT2D eigenvalue weighted by Gasteiger charge is 2.22. The number of benzene rings is 2. The van der Waals surface area contributed by atoms with Crippen molar-refractivity contribution in [3.8, 4) is 5.75 Å². The number of allylic oxidation sites excluding steroid dienone is 1. The molecule has 0 radical (unpaired) electrons. The first-order chi connectivity index (χ1) is 20.8. The number of methoxy groups -OCH3 is 1. The molecule has 0 bridgehead atoms. The van der Waals surface area contributed by atoms with Gasteiger partial charge < -0.3 is 35.7 Å². The molecule has 0 atom stereocenters. The van der Waals surface area contributed by atoms with E-state index in [4.69, 9.17) is 19.9 Å². The van der Waals surface area contributed by atoms with Crippen LogP contribution >= 0.6 is 23.9 Å². The molecule has 1 aliphatic heterocycles. The first-order valence-corrected chi connectivity index (χ1v) is 16.8. The third-order valence-corrected chi connectivity index (χ3v) is 8.88. The minimum atomic E-state index is -0.499. The van der Waals surface area contributed by atoms with Crippen molar-refractivity contribution in [3.05, 3.63) is 59.1 Å². The van der Waals surface area contributed by atoms with Gasteiger partial charge in [0.05, 0.1) is 41.5 Å². The molecule has 4 aromatic rings. The van der Waals surface area contributed by atoms with Crippen molar-refractivity contribution in [3.63, 3.8) is 0 Å². The molecule has 0 unspecified atom stereocenters. The number of nitrogens with one attached hydrogen (secondary N) is 4. The van der Waals surface area contributed by atoms with Gasteiger partial charge in [-0.2, -0.15) is 4.98 Å². The lowest BCUT2D eigenvalue weighted by atomic mass is 9.98. The monoisotopic (exact) mass is 663 g/mol. The predicted octanol–water partition coefficient (Wildman–Crippen LogP) is 5.48. The van der Waals surface area contributed by atoms with Crippen LogP contribution in [0.15, 0.2) is 53.5 Å². The topological polar surface area (TPSA) is 133 Å². The van der Waals surface area contributed by atoms with E-state index >= 15 is 0 Å². The van der Waals surface area contributed by atoms with Gasteiger partial charge in [0.15, 0.2) is 0 Å².